The number of sulfonamides is 1. The Morgan fingerprint density at radius 1 is 1.12 bits per heavy atom. The maximum atomic E-state index is 12.7. The Bertz CT molecular complexity index is 728. The highest BCUT2D eigenvalue weighted by Crippen LogP contribution is 2.20. The summed E-state index contributed by atoms with van der Waals surface area (Å²) in [6.07, 6.45) is 0.850. The van der Waals surface area contributed by atoms with Gasteiger partial charge in [-0.05, 0) is 37.1 Å². The average molecular weight is 370 g/mol. The largest absolute Gasteiger partial charge is 0.465 e. The van der Waals surface area contributed by atoms with E-state index in [1.165, 1.54) is 32.4 Å². The first-order valence-corrected chi connectivity index (χ1v) is 9.31. The normalized spacial score (nSPS) is 20.8. The molecule has 1 saturated heterocycles. The quantitative estimate of drug-likeness (QED) is 0.728. The minimum atomic E-state index is -3.93. The van der Waals surface area contributed by atoms with Crippen LogP contribution in [0.4, 0.5) is 0 Å². The van der Waals surface area contributed by atoms with E-state index in [1.807, 2.05) is 6.92 Å². The van der Waals surface area contributed by atoms with Gasteiger partial charge in [-0.2, -0.15) is 0 Å². The van der Waals surface area contributed by atoms with E-state index < -0.39 is 22.0 Å². The molecule has 1 heterocycles. The average Bonchev–Trinajstić information content (AvgIpc) is 2.61. The fourth-order valence-electron chi connectivity index (χ4n) is 2.64. The summed E-state index contributed by atoms with van der Waals surface area (Å²) in [6.45, 7) is 3.32. The maximum absolute atomic E-state index is 12.7. The first-order chi connectivity index (χ1) is 11.8. The third-order valence-corrected chi connectivity index (χ3v) is 5.66. The van der Waals surface area contributed by atoms with Gasteiger partial charge in [-0.1, -0.05) is 6.92 Å². The van der Waals surface area contributed by atoms with E-state index in [4.69, 9.17) is 0 Å². The van der Waals surface area contributed by atoms with Crippen molar-refractivity contribution in [2.45, 2.75) is 24.3 Å². The highest BCUT2D eigenvalue weighted by atomic mass is 32.2. The zero-order valence-electron chi connectivity index (χ0n) is 14.4. The van der Waals surface area contributed by atoms with E-state index in [9.17, 15) is 18.0 Å². The smallest absolute Gasteiger partial charge is 0.337 e. The molecule has 2 unspecified atom stereocenters. The third-order valence-electron chi connectivity index (χ3n) is 4.19. The lowest BCUT2D eigenvalue weighted by Gasteiger charge is -2.30. The lowest BCUT2D eigenvalue weighted by molar-refractivity contribution is 0.0598. The Labute approximate surface area is 146 Å². The van der Waals surface area contributed by atoms with Crippen molar-refractivity contribution >= 4 is 22.0 Å². The summed E-state index contributed by atoms with van der Waals surface area (Å²) >= 11 is 0. The Balaban J connectivity index is 2.41. The molecule has 1 aliphatic heterocycles. The van der Waals surface area contributed by atoms with Gasteiger partial charge in [0.25, 0.3) is 0 Å². The van der Waals surface area contributed by atoms with Crippen LogP contribution in [0.2, 0.25) is 0 Å². The monoisotopic (exact) mass is 370 g/mol. The number of benzene rings is 1. The topological polar surface area (TPSA) is 111 Å². The van der Waals surface area contributed by atoms with Crippen LogP contribution in [-0.4, -0.2) is 53.7 Å². The van der Waals surface area contributed by atoms with Gasteiger partial charge in [-0.15, -0.1) is 0 Å². The Kier molecular flexibility index (Phi) is 6.15. The van der Waals surface area contributed by atoms with Crippen molar-refractivity contribution in [1.29, 1.82) is 0 Å². The van der Waals surface area contributed by atoms with Crippen LogP contribution in [0.15, 0.2) is 23.1 Å². The number of hydrogen-bond acceptors (Lipinski definition) is 7. The molecule has 1 fully saturated rings. The Morgan fingerprint density at radius 3 is 2.16 bits per heavy atom. The first-order valence-electron chi connectivity index (χ1n) is 7.83. The molecule has 9 heteroatoms. The molecule has 0 spiro atoms. The van der Waals surface area contributed by atoms with Crippen molar-refractivity contribution in [2.75, 3.05) is 27.3 Å². The Morgan fingerprint density at radius 2 is 1.68 bits per heavy atom. The van der Waals surface area contributed by atoms with E-state index in [0.717, 1.165) is 13.0 Å². The molecule has 25 heavy (non-hydrogen) atoms. The molecule has 0 aliphatic carbocycles. The molecule has 0 bridgehead atoms. The zero-order chi connectivity index (χ0) is 18.6. The van der Waals surface area contributed by atoms with Gasteiger partial charge in [0, 0.05) is 12.6 Å². The second-order valence-electron chi connectivity index (χ2n) is 5.93. The first kappa shape index (κ1) is 19.4. The molecule has 0 amide bonds. The maximum Gasteiger partial charge on any atom is 0.337 e. The van der Waals surface area contributed by atoms with Crippen molar-refractivity contribution in [3.63, 3.8) is 0 Å². The van der Waals surface area contributed by atoms with Crippen LogP contribution in [0.1, 0.15) is 34.1 Å². The van der Waals surface area contributed by atoms with Crippen LogP contribution in [0.5, 0.6) is 0 Å². The summed E-state index contributed by atoms with van der Waals surface area (Å²) in [5.74, 6) is -1.32. The lowest BCUT2D eigenvalue weighted by Crippen LogP contribution is -2.50. The molecular formula is C16H22N2O6S. The van der Waals surface area contributed by atoms with Crippen LogP contribution in [-0.2, 0) is 19.5 Å². The zero-order valence-corrected chi connectivity index (χ0v) is 15.2. The fourth-order valence-corrected chi connectivity index (χ4v) is 4.05. The van der Waals surface area contributed by atoms with Crippen LogP contribution < -0.4 is 10.0 Å². The van der Waals surface area contributed by atoms with Crippen molar-refractivity contribution < 1.29 is 27.5 Å². The van der Waals surface area contributed by atoms with Gasteiger partial charge in [0.15, 0.2) is 0 Å². The number of methoxy groups -OCH3 is 2. The molecule has 1 aromatic carbocycles. The van der Waals surface area contributed by atoms with Gasteiger partial charge in [-0.3, -0.25) is 0 Å². The van der Waals surface area contributed by atoms with Crippen molar-refractivity contribution in [1.82, 2.24) is 10.0 Å². The summed E-state index contributed by atoms with van der Waals surface area (Å²) < 4.78 is 37.3. The molecule has 0 radical (unpaired) electrons. The van der Waals surface area contributed by atoms with Gasteiger partial charge in [0.1, 0.15) is 0 Å². The standard InChI is InChI=1S/C16H22N2O6S/c1-10-4-5-17-9-14(10)18-25(21,22)13-7-11(15(19)23-2)6-12(8-13)16(20)24-3/h6-8,10,14,17-18H,4-5,9H2,1-3H3. The lowest BCUT2D eigenvalue weighted by atomic mass is 9.96. The molecule has 0 aromatic heterocycles. The molecule has 138 valence electrons. The highest BCUT2D eigenvalue weighted by Gasteiger charge is 2.28. The molecule has 2 N–H and O–H groups in total. The van der Waals surface area contributed by atoms with Gasteiger partial charge in [0.05, 0.1) is 30.2 Å². The predicted octanol–water partition coefficient (Wildman–Crippen LogP) is 0.536. The summed E-state index contributed by atoms with van der Waals surface area (Å²) in [5.41, 5.74) is -0.0822. The van der Waals surface area contributed by atoms with Gasteiger partial charge >= 0.3 is 11.9 Å². The number of rotatable bonds is 5. The summed E-state index contributed by atoms with van der Waals surface area (Å²) in [6, 6.07) is 3.33. The SMILES string of the molecule is COC(=O)c1cc(C(=O)OC)cc(S(=O)(=O)NC2CNCCC2C)c1. The molecule has 0 saturated carbocycles. The number of carbonyl (C=O) groups excluding carboxylic acids is 2. The van der Waals surface area contributed by atoms with E-state index >= 15 is 0 Å². The van der Waals surface area contributed by atoms with Crippen LogP contribution in [0.25, 0.3) is 0 Å². The number of esters is 2. The summed E-state index contributed by atoms with van der Waals surface area (Å²) in [7, 11) is -1.58. The van der Waals surface area contributed by atoms with Crippen LogP contribution >= 0.6 is 0 Å². The molecule has 2 rings (SSSR count). The van der Waals surface area contributed by atoms with E-state index in [1.54, 1.807) is 0 Å². The van der Waals surface area contributed by atoms with Crippen LogP contribution in [0.3, 0.4) is 0 Å². The number of piperidine rings is 1. The summed E-state index contributed by atoms with van der Waals surface area (Å²) in [5, 5.41) is 3.14. The minimum Gasteiger partial charge on any atom is -0.465 e. The van der Waals surface area contributed by atoms with Gasteiger partial charge in [0.2, 0.25) is 10.0 Å². The predicted molar refractivity (Wildman–Crippen MR) is 89.9 cm³/mol. The molecule has 1 aliphatic rings. The van der Waals surface area contributed by atoms with Gasteiger partial charge in [-0.25, -0.2) is 22.7 Å². The summed E-state index contributed by atoms with van der Waals surface area (Å²) in [4.78, 5) is 23.4. The van der Waals surface area contributed by atoms with Crippen LogP contribution in [0, 0.1) is 5.92 Å². The highest BCUT2D eigenvalue weighted by molar-refractivity contribution is 7.89. The number of carbonyl (C=O) groups is 2. The molecule has 8 nitrogen and oxygen atoms in total. The van der Waals surface area contributed by atoms with Crippen molar-refractivity contribution in [3.8, 4) is 0 Å². The number of nitrogens with one attached hydrogen (secondary N) is 2. The molecule has 1 aromatic rings. The third kappa shape index (κ3) is 4.56. The number of ether oxygens (including phenoxy) is 2. The number of hydrogen-bond donors (Lipinski definition) is 2. The second-order valence-corrected chi connectivity index (χ2v) is 7.64. The molecular weight excluding hydrogens is 348 g/mol. The fraction of sp³-hybridized carbons (Fsp3) is 0.500. The molecule has 2 atom stereocenters. The van der Waals surface area contributed by atoms with Gasteiger partial charge < -0.3 is 14.8 Å². The van der Waals surface area contributed by atoms with Crippen molar-refractivity contribution in [2.24, 2.45) is 5.92 Å². The van der Waals surface area contributed by atoms with E-state index in [-0.39, 0.29) is 28.0 Å². The van der Waals surface area contributed by atoms with E-state index in [0.29, 0.717) is 6.54 Å². The second kappa shape index (κ2) is 7.94. The van der Waals surface area contributed by atoms with E-state index in [2.05, 4.69) is 19.5 Å². The Hall–Kier alpha value is -1.97. The van der Waals surface area contributed by atoms with Crippen molar-refractivity contribution in [3.05, 3.63) is 29.3 Å². The minimum absolute atomic E-state index is 0.0411.